The zero-order valence-electron chi connectivity index (χ0n) is 16.9. The molecule has 0 radical (unpaired) electrons. The number of nitrogens with zero attached hydrogens (tertiary/aromatic N) is 3. The van der Waals surface area contributed by atoms with Crippen LogP contribution in [0.4, 0.5) is 0 Å². The molecule has 0 spiro atoms. The van der Waals surface area contributed by atoms with Gasteiger partial charge in [0.05, 0.1) is 6.54 Å². The first-order valence-electron chi connectivity index (χ1n) is 9.82. The maximum atomic E-state index is 12.4. The number of fused-ring (bicyclic) bond motifs is 1. The van der Waals surface area contributed by atoms with Crippen LogP contribution in [0.2, 0.25) is 0 Å². The Morgan fingerprint density at radius 1 is 1.21 bits per heavy atom. The Labute approximate surface area is 170 Å². The van der Waals surface area contributed by atoms with Crippen LogP contribution in [-0.4, -0.2) is 85.9 Å². The number of hydrogen-bond acceptors (Lipinski definition) is 6. The van der Waals surface area contributed by atoms with Gasteiger partial charge in [-0.25, -0.2) is 4.79 Å². The number of aryl methyl sites for hydroxylation is 1. The third-order valence-electron chi connectivity index (χ3n) is 5.44. The lowest BCUT2D eigenvalue weighted by atomic mass is 9.90. The molecular weight excluding hydrogens is 378 g/mol. The van der Waals surface area contributed by atoms with E-state index in [1.54, 1.807) is 23.9 Å². The number of thiophene rings is 1. The van der Waals surface area contributed by atoms with Crippen molar-refractivity contribution in [1.82, 2.24) is 14.7 Å². The van der Waals surface area contributed by atoms with Gasteiger partial charge < -0.3 is 14.5 Å². The van der Waals surface area contributed by atoms with Crippen LogP contribution in [0.5, 0.6) is 0 Å². The Bertz CT molecular complexity index is 738. The molecule has 1 saturated heterocycles. The van der Waals surface area contributed by atoms with E-state index in [9.17, 15) is 14.4 Å². The summed E-state index contributed by atoms with van der Waals surface area (Å²) in [5, 5.41) is 0. The second-order valence-corrected chi connectivity index (χ2v) is 9.07. The van der Waals surface area contributed by atoms with Gasteiger partial charge in [0.15, 0.2) is 6.61 Å². The van der Waals surface area contributed by atoms with Crippen molar-refractivity contribution in [2.75, 3.05) is 53.4 Å². The topological polar surface area (TPSA) is 70.2 Å². The number of carbonyl (C=O) groups excluding carboxylic acids is 3. The van der Waals surface area contributed by atoms with Gasteiger partial charge in [0.2, 0.25) is 5.91 Å². The molecule has 1 atom stereocenters. The fraction of sp³-hybridized carbons (Fsp3) is 0.650. The summed E-state index contributed by atoms with van der Waals surface area (Å²) in [7, 11) is 3.47. The summed E-state index contributed by atoms with van der Waals surface area (Å²) in [4.78, 5) is 43.7. The van der Waals surface area contributed by atoms with Crippen LogP contribution in [0.1, 0.15) is 33.5 Å². The molecule has 1 fully saturated rings. The molecule has 2 aliphatic rings. The third kappa shape index (κ3) is 5.11. The first-order chi connectivity index (χ1) is 13.3. The Balaban J connectivity index is 1.43. The van der Waals surface area contributed by atoms with Crippen molar-refractivity contribution in [3.05, 3.63) is 21.4 Å². The van der Waals surface area contributed by atoms with Gasteiger partial charge in [0.1, 0.15) is 4.88 Å². The van der Waals surface area contributed by atoms with Gasteiger partial charge in [-0.2, -0.15) is 0 Å². The third-order valence-corrected chi connectivity index (χ3v) is 6.66. The standard InChI is InChI=1S/C20H29N3O4S/c1-14-4-5-16-15(10-14)11-17(28-16)20(26)27-13-19(25)23-8-6-22(7-9-23)12-18(24)21(2)3/h11,14H,4-10,12-13H2,1-3H3/t14-/m0/s1. The van der Waals surface area contributed by atoms with E-state index in [1.807, 2.05) is 11.0 Å². The van der Waals surface area contributed by atoms with Gasteiger partial charge in [-0.05, 0) is 36.8 Å². The predicted molar refractivity (Wildman–Crippen MR) is 108 cm³/mol. The van der Waals surface area contributed by atoms with Crippen molar-refractivity contribution >= 4 is 29.1 Å². The molecule has 0 unspecified atom stereocenters. The summed E-state index contributed by atoms with van der Waals surface area (Å²) in [5.41, 5.74) is 1.26. The van der Waals surface area contributed by atoms with E-state index in [-0.39, 0.29) is 18.4 Å². The monoisotopic (exact) mass is 407 g/mol. The minimum Gasteiger partial charge on any atom is -0.451 e. The quantitative estimate of drug-likeness (QED) is 0.688. The van der Waals surface area contributed by atoms with Crippen LogP contribution in [0.25, 0.3) is 0 Å². The molecule has 7 nitrogen and oxygen atoms in total. The summed E-state index contributed by atoms with van der Waals surface area (Å²) >= 11 is 1.50. The molecule has 2 amide bonds. The maximum absolute atomic E-state index is 12.4. The van der Waals surface area contributed by atoms with Crippen LogP contribution >= 0.6 is 11.3 Å². The first-order valence-corrected chi connectivity index (χ1v) is 10.6. The SMILES string of the molecule is C[C@H]1CCc2sc(C(=O)OCC(=O)N3CCN(CC(=O)N(C)C)CC3)cc2C1. The fourth-order valence-corrected chi connectivity index (χ4v) is 4.69. The number of esters is 1. The molecule has 3 rings (SSSR count). The molecule has 0 N–H and O–H groups in total. The van der Waals surface area contributed by atoms with Crippen LogP contribution in [0, 0.1) is 5.92 Å². The molecule has 1 aromatic rings. The van der Waals surface area contributed by atoms with Crippen LogP contribution in [0.3, 0.4) is 0 Å². The lowest BCUT2D eigenvalue weighted by molar-refractivity contribution is -0.137. The summed E-state index contributed by atoms with van der Waals surface area (Å²) in [6.45, 7) is 4.75. The molecule has 8 heteroatoms. The van der Waals surface area contributed by atoms with Crippen molar-refractivity contribution in [3.63, 3.8) is 0 Å². The van der Waals surface area contributed by atoms with E-state index in [2.05, 4.69) is 6.92 Å². The van der Waals surface area contributed by atoms with Crippen molar-refractivity contribution < 1.29 is 19.1 Å². The number of hydrogen-bond donors (Lipinski definition) is 0. The van der Waals surface area contributed by atoms with Crippen molar-refractivity contribution in [3.8, 4) is 0 Å². The van der Waals surface area contributed by atoms with Crippen molar-refractivity contribution in [2.45, 2.75) is 26.2 Å². The number of ether oxygens (including phenoxy) is 1. The number of rotatable bonds is 5. The van der Waals surface area contributed by atoms with Crippen LogP contribution < -0.4 is 0 Å². The smallest absolute Gasteiger partial charge is 0.348 e. The zero-order valence-corrected chi connectivity index (χ0v) is 17.7. The van der Waals surface area contributed by atoms with Crippen molar-refractivity contribution in [2.24, 2.45) is 5.92 Å². The molecule has 1 aromatic heterocycles. The maximum Gasteiger partial charge on any atom is 0.348 e. The van der Waals surface area contributed by atoms with Gasteiger partial charge in [0, 0.05) is 45.2 Å². The lowest BCUT2D eigenvalue weighted by Gasteiger charge is -2.34. The molecule has 2 heterocycles. The minimum absolute atomic E-state index is 0.0572. The molecular formula is C20H29N3O4S. The van der Waals surface area contributed by atoms with Gasteiger partial charge in [-0.3, -0.25) is 14.5 Å². The Kier molecular flexibility index (Phi) is 6.72. The zero-order chi connectivity index (χ0) is 20.3. The Hall–Kier alpha value is -1.93. The second-order valence-electron chi connectivity index (χ2n) is 7.93. The fourth-order valence-electron chi connectivity index (χ4n) is 3.58. The highest BCUT2D eigenvalue weighted by Gasteiger charge is 2.25. The number of amides is 2. The Morgan fingerprint density at radius 3 is 2.61 bits per heavy atom. The molecule has 1 aliphatic heterocycles. The summed E-state index contributed by atoms with van der Waals surface area (Å²) < 4.78 is 5.28. The van der Waals surface area contributed by atoms with E-state index in [0.717, 1.165) is 19.3 Å². The number of carbonyl (C=O) groups is 3. The van der Waals surface area contributed by atoms with Crippen LogP contribution in [-0.2, 0) is 27.2 Å². The predicted octanol–water partition coefficient (Wildman–Crippen LogP) is 1.26. The average molecular weight is 408 g/mol. The highest BCUT2D eigenvalue weighted by Crippen LogP contribution is 2.32. The molecule has 0 aromatic carbocycles. The molecule has 154 valence electrons. The van der Waals surface area contributed by atoms with Gasteiger partial charge >= 0.3 is 5.97 Å². The normalized spacial score (nSPS) is 19.8. The Morgan fingerprint density at radius 2 is 1.93 bits per heavy atom. The largest absolute Gasteiger partial charge is 0.451 e. The van der Waals surface area contributed by atoms with Crippen molar-refractivity contribution in [1.29, 1.82) is 0 Å². The van der Waals surface area contributed by atoms with E-state index >= 15 is 0 Å². The van der Waals surface area contributed by atoms with E-state index < -0.39 is 5.97 Å². The molecule has 1 aliphatic carbocycles. The van der Waals surface area contributed by atoms with Gasteiger partial charge in [0.25, 0.3) is 5.91 Å². The summed E-state index contributed by atoms with van der Waals surface area (Å²) in [6.07, 6.45) is 3.19. The summed E-state index contributed by atoms with van der Waals surface area (Å²) in [6, 6.07) is 1.93. The number of piperazine rings is 1. The van der Waals surface area contributed by atoms with Crippen LogP contribution in [0.15, 0.2) is 6.07 Å². The van der Waals surface area contributed by atoms with Gasteiger partial charge in [-0.15, -0.1) is 11.3 Å². The highest BCUT2D eigenvalue weighted by molar-refractivity contribution is 7.14. The first kappa shape index (κ1) is 20.8. The van der Waals surface area contributed by atoms with E-state index in [1.165, 1.54) is 21.8 Å². The molecule has 0 bridgehead atoms. The lowest BCUT2D eigenvalue weighted by Crippen LogP contribution is -2.51. The molecule has 28 heavy (non-hydrogen) atoms. The van der Waals surface area contributed by atoms with Gasteiger partial charge in [-0.1, -0.05) is 6.92 Å². The van der Waals surface area contributed by atoms with E-state index in [4.69, 9.17) is 4.74 Å². The highest BCUT2D eigenvalue weighted by atomic mass is 32.1. The number of likely N-dealkylation sites (N-methyl/N-ethyl adjacent to an activating group) is 1. The average Bonchev–Trinajstić information content (AvgIpc) is 3.09. The second kappa shape index (κ2) is 9.05. The van der Waals surface area contributed by atoms with E-state index in [0.29, 0.717) is 43.5 Å². The minimum atomic E-state index is -0.407. The molecule has 0 saturated carbocycles. The summed E-state index contributed by atoms with van der Waals surface area (Å²) in [5.74, 6) is 0.124.